The summed E-state index contributed by atoms with van der Waals surface area (Å²) in [6.45, 7) is 2.36. The normalized spacial score (nSPS) is 16.8. The first-order valence-electron chi connectivity index (χ1n) is 10.6. The Bertz CT molecular complexity index is 1190. The van der Waals surface area contributed by atoms with Gasteiger partial charge in [0.2, 0.25) is 0 Å². The van der Waals surface area contributed by atoms with Gasteiger partial charge in [-0.15, -0.1) is 11.3 Å². The number of hydrogen-bond acceptors (Lipinski definition) is 5. The highest BCUT2D eigenvalue weighted by atomic mass is 35.5. The highest BCUT2D eigenvalue weighted by Crippen LogP contribution is 2.33. The number of halogens is 1. The summed E-state index contributed by atoms with van der Waals surface area (Å²) in [5.41, 5.74) is 2.26. The number of rotatable bonds is 6. The molecule has 166 valence electrons. The largest absolute Gasteiger partial charge is 0.469 e. The van der Waals surface area contributed by atoms with Crippen molar-refractivity contribution in [3.8, 4) is 0 Å². The van der Waals surface area contributed by atoms with E-state index in [1.807, 2.05) is 53.4 Å². The Morgan fingerprint density at radius 2 is 2.06 bits per heavy atom. The van der Waals surface area contributed by atoms with Crippen LogP contribution in [0.2, 0.25) is 5.02 Å². The van der Waals surface area contributed by atoms with Crippen LogP contribution in [-0.4, -0.2) is 42.2 Å². The predicted molar refractivity (Wildman–Crippen MR) is 129 cm³/mol. The highest BCUT2D eigenvalue weighted by molar-refractivity contribution is 7.20. The van der Waals surface area contributed by atoms with Crippen LogP contribution >= 0.6 is 22.9 Å². The van der Waals surface area contributed by atoms with Crippen molar-refractivity contribution < 1.29 is 14.3 Å². The van der Waals surface area contributed by atoms with Gasteiger partial charge in [0.15, 0.2) is 0 Å². The Morgan fingerprint density at radius 1 is 1.25 bits per heavy atom. The lowest BCUT2D eigenvalue weighted by atomic mass is 9.89. The number of carbonyl (C=O) groups excluding carboxylic acids is 2. The Balaban J connectivity index is 1.61. The zero-order valence-corrected chi connectivity index (χ0v) is 19.6. The quantitative estimate of drug-likeness (QED) is 0.379. The van der Waals surface area contributed by atoms with Gasteiger partial charge in [-0.3, -0.25) is 9.59 Å². The van der Waals surface area contributed by atoms with E-state index in [2.05, 4.69) is 0 Å². The number of hydrogen-bond donors (Lipinski definition) is 1. The molecule has 5 nitrogen and oxygen atoms in total. The molecule has 0 aliphatic carbocycles. The third-order valence-electron chi connectivity index (χ3n) is 6.04. The van der Waals surface area contributed by atoms with Crippen molar-refractivity contribution >= 4 is 50.6 Å². The molecule has 2 heterocycles. The maximum Gasteiger partial charge on any atom is 0.311 e. The third-order valence-corrected chi connectivity index (χ3v) is 7.36. The average Bonchev–Trinajstić information content (AvgIpc) is 3.43. The Hall–Kier alpha value is -2.70. The molecule has 0 bridgehead atoms. The summed E-state index contributed by atoms with van der Waals surface area (Å²) in [7, 11) is 1.39. The summed E-state index contributed by atoms with van der Waals surface area (Å²) in [5, 5.41) is 9.52. The summed E-state index contributed by atoms with van der Waals surface area (Å²) >= 11 is 7.53. The fraction of sp³-hybridized carbons (Fsp3) is 0.320. The van der Waals surface area contributed by atoms with Gasteiger partial charge < -0.3 is 15.0 Å². The van der Waals surface area contributed by atoms with Crippen LogP contribution in [0.4, 0.5) is 0 Å². The number of fused-ring (bicyclic) bond motifs is 1. The van der Waals surface area contributed by atoms with E-state index < -0.39 is 5.92 Å². The van der Waals surface area contributed by atoms with Gasteiger partial charge in [0.05, 0.1) is 17.9 Å². The minimum Gasteiger partial charge on any atom is -0.469 e. The molecular weight excluding hydrogens is 444 g/mol. The van der Waals surface area contributed by atoms with Crippen molar-refractivity contribution in [3.63, 3.8) is 0 Å². The monoisotopic (exact) mass is 468 g/mol. The molecule has 1 aromatic heterocycles. The second-order valence-corrected chi connectivity index (χ2v) is 9.68. The minimum absolute atomic E-state index is 0.0530. The molecule has 1 fully saturated rings. The summed E-state index contributed by atoms with van der Waals surface area (Å²) in [4.78, 5) is 28.7. The van der Waals surface area contributed by atoms with Crippen LogP contribution in [0, 0.1) is 11.3 Å². The molecule has 1 saturated heterocycles. The Kier molecular flexibility index (Phi) is 6.63. The van der Waals surface area contributed by atoms with Gasteiger partial charge in [-0.2, -0.15) is 0 Å². The molecule has 1 aliphatic rings. The Morgan fingerprint density at radius 3 is 2.81 bits per heavy atom. The lowest BCUT2D eigenvalue weighted by Gasteiger charge is -2.30. The number of benzene rings is 2. The molecule has 0 radical (unpaired) electrons. The van der Waals surface area contributed by atoms with Crippen LogP contribution < -0.4 is 0 Å². The van der Waals surface area contributed by atoms with Gasteiger partial charge in [-0.05, 0) is 67.0 Å². The van der Waals surface area contributed by atoms with Crippen molar-refractivity contribution in [2.45, 2.75) is 32.2 Å². The van der Waals surface area contributed by atoms with Gasteiger partial charge in [0.25, 0.3) is 5.91 Å². The van der Waals surface area contributed by atoms with E-state index in [0.717, 1.165) is 34.1 Å². The minimum atomic E-state index is -0.462. The third kappa shape index (κ3) is 4.57. The number of ether oxygens (including phenoxy) is 1. The fourth-order valence-electron chi connectivity index (χ4n) is 4.43. The molecule has 32 heavy (non-hydrogen) atoms. The maximum absolute atomic E-state index is 13.4. The number of thiophene rings is 1. The van der Waals surface area contributed by atoms with Crippen molar-refractivity contribution in [1.82, 2.24) is 4.90 Å². The van der Waals surface area contributed by atoms with Crippen molar-refractivity contribution in [3.05, 3.63) is 69.6 Å². The fourth-order valence-corrected chi connectivity index (χ4v) is 5.72. The summed E-state index contributed by atoms with van der Waals surface area (Å²) in [5.74, 6) is -0.825. The lowest BCUT2D eigenvalue weighted by Crippen LogP contribution is -2.44. The average molecular weight is 469 g/mol. The molecule has 0 saturated carbocycles. The summed E-state index contributed by atoms with van der Waals surface area (Å²) < 4.78 is 6.11. The molecule has 1 N–H and O–H groups in total. The topological polar surface area (TPSA) is 70.5 Å². The molecule has 2 unspecified atom stereocenters. The molecule has 4 rings (SSSR count). The van der Waals surface area contributed by atoms with E-state index in [9.17, 15) is 9.59 Å². The number of nitrogens with zero attached hydrogens (tertiary/aromatic N) is 1. The number of nitrogens with one attached hydrogen (secondary N) is 1. The lowest BCUT2D eigenvalue weighted by molar-refractivity contribution is -0.147. The van der Waals surface area contributed by atoms with Gasteiger partial charge >= 0.3 is 5.97 Å². The van der Waals surface area contributed by atoms with Crippen LogP contribution in [0.5, 0.6) is 0 Å². The molecule has 7 heteroatoms. The molecule has 3 aromatic rings. The van der Waals surface area contributed by atoms with Gasteiger partial charge in [-0.1, -0.05) is 35.9 Å². The van der Waals surface area contributed by atoms with Crippen LogP contribution in [-0.2, 0) is 16.0 Å². The Labute approximate surface area is 196 Å². The van der Waals surface area contributed by atoms with Crippen LogP contribution in [0.1, 0.15) is 40.6 Å². The highest BCUT2D eigenvalue weighted by Gasteiger charge is 2.39. The second-order valence-electron chi connectivity index (χ2n) is 8.16. The number of likely N-dealkylation sites (tertiary alicyclic amines) is 1. The van der Waals surface area contributed by atoms with Gasteiger partial charge in [0, 0.05) is 28.0 Å². The van der Waals surface area contributed by atoms with E-state index >= 15 is 0 Å². The zero-order valence-electron chi connectivity index (χ0n) is 18.1. The van der Waals surface area contributed by atoms with Gasteiger partial charge in [-0.25, -0.2) is 0 Å². The van der Waals surface area contributed by atoms with Crippen molar-refractivity contribution in [2.75, 3.05) is 13.7 Å². The number of methoxy groups -OCH3 is 1. The molecular formula is C25H25ClN2O3S. The van der Waals surface area contributed by atoms with Crippen LogP contribution in [0.3, 0.4) is 0 Å². The summed E-state index contributed by atoms with van der Waals surface area (Å²) in [6.07, 6.45) is 2.07. The smallest absolute Gasteiger partial charge is 0.311 e. The zero-order chi connectivity index (χ0) is 22.8. The molecule has 1 amide bonds. The number of amides is 1. The predicted octanol–water partition coefficient (Wildman–Crippen LogP) is 5.58. The first-order valence-corrected chi connectivity index (χ1v) is 11.8. The van der Waals surface area contributed by atoms with Crippen LogP contribution in [0.15, 0.2) is 48.5 Å². The van der Waals surface area contributed by atoms with Gasteiger partial charge in [0.1, 0.15) is 0 Å². The van der Waals surface area contributed by atoms with Crippen molar-refractivity contribution in [1.29, 1.82) is 5.41 Å². The van der Waals surface area contributed by atoms with E-state index in [1.54, 1.807) is 6.92 Å². The van der Waals surface area contributed by atoms with E-state index in [0.29, 0.717) is 28.6 Å². The van der Waals surface area contributed by atoms with Crippen LogP contribution in [0.25, 0.3) is 10.1 Å². The summed E-state index contributed by atoms with van der Waals surface area (Å²) in [6, 6.07) is 15.0. The first kappa shape index (κ1) is 22.5. The molecule has 1 aliphatic heterocycles. The first-order chi connectivity index (χ1) is 15.4. The standard InChI is InChI=1S/C25H25ClN2O3S/c1-15(27)17-6-3-5-16(11-17)12-20(25(30)31-2)21-7-4-10-28(21)24(29)23-13-18-8-9-19(26)14-22(18)32-23/h3,5-6,8-9,11,13-14,20-21,27H,4,7,10,12H2,1-2H3. The SMILES string of the molecule is COC(=O)C(Cc1cccc(C(C)=N)c1)C1CCCN1C(=O)c1cc2ccc(Cl)cc2s1. The van der Waals surface area contributed by atoms with Crippen molar-refractivity contribution in [2.24, 2.45) is 5.92 Å². The van der Waals surface area contributed by atoms with E-state index in [1.165, 1.54) is 18.4 Å². The molecule has 0 spiro atoms. The number of carbonyl (C=O) groups is 2. The van der Waals surface area contributed by atoms with E-state index in [4.69, 9.17) is 21.7 Å². The van der Waals surface area contributed by atoms with E-state index in [-0.39, 0.29) is 17.9 Å². The molecule has 2 atom stereocenters. The number of esters is 1. The maximum atomic E-state index is 13.4. The second kappa shape index (κ2) is 9.43. The molecule has 2 aromatic carbocycles.